The van der Waals surface area contributed by atoms with E-state index in [-0.39, 0.29) is 11.1 Å². The summed E-state index contributed by atoms with van der Waals surface area (Å²) in [6, 6.07) is 3.27. The molecular formula is C14H10F4O5. The maximum Gasteiger partial charge on any atom is 0.573 e. The topological polar surface area (TPSA) is 90.2 Å². The van der Waals surface area contributed by atoms with E-state index in [1.807, 2.05) is 0 Å². The molecule has 9 heteroatoms. The highest BCUT2D eigenvalue weighted by atomic mass is 19.4. The van der Waals surface area contributed by atoms with Gasteiger partial charge in [-0.25, -0.2) is 4.39 Å². The Balaban J connectivity index is 2.75. The lowest BCUT2D eigenvalue weighted by Gasteiger charge is -2.17. The standard InChI is InChI=1S/C14H10F4O5/c1-5-2-3-6(4-7(5)15)8-9(19)11(21)12(22)13(10(8)20)23-14(16,17)18/h2-4,19-22H,1H3. The van der Waals surface area contributed by atoms with Crippen LogP contribution in [0.5, 0.6) is 28.7 Å². The monoisotopic (exact) mass is 334 g/mol. The normalized spacial score (nSPS) is 11.5. The van der Waals surface area contributed by atoms with Crippen LogP contribution >= 0.6 is 0 Å². The Bertz CT molecular complexity index is 771. The van der Waals surface area contributed by atoms with Crippen LogP contribution in [-0.4, -0.2) is 26.8 Å². The molecule has 23 heavy (non-hydrogen) atoms. The van der Waals surface area contributed by atoms with Gasteiger partial charge in [-0.3, -0.25) is 0 Å². The zero-order valence-corrected chi connectivity index (χ0v) is 11.4. The summed E-state index contributed by atoms with van der Waals surface area (Å²) < 4.78 is 54.1. The van der Waals surface area contributed by atoms with Gasteiger partial charge in [0.1, 0.15) is 5.82 Å². The average Bonchev–Trinajstić information content (AvgIpc) is 2.44. The molecule has 0 saturated heterocycles. The fourth-order valence-electron chi connectivity index (χ4n) is 1.91. The largest absolute Gasteiger partial charge is 0.573 e. The molecule has 0 aliphatic carbocycles. The van der Waals surface area contributed by atoms with Gasteiger partial charge in [-0.2, -0.15) is 0 Å². The van der Waals surface area contributed by atoms with E-state index >= 15 is 0 Å². The summed E-state index contributed by atoms with van der Waals surface area (Å²) in [4.78, 5) is 0. The molecule has 2 rings (SSSR count). The number of benzene rings is 2. The van der Waals surface area contributed by atoms with Crippen molar-refractivity contribution < 1.29 is 42.7 Å². The molecule has 0 bridgehead atoms. The lowest BCUT2D eigenvalue weighted by atomic mass is 10.00. The molecule has 0 amide bonds. The third kappa shape index (κ3) is 3.03. The van der Waals surface area contributed by atoms with Crippen molar-refractivity contribution in [2.24, 2.45) is 0 Å². The summed E-state index contributed by atoms with van der Waals surface area (Å²) in [7, 11) is 0. The van der Waals surface area contributed by atoms with Crippen LogP contribution in [0.15, 0.2) is 18.2 Å². The van der Waals surface area contributed by atoms with E-state index in [4.69, 9.17) is 0 Å². The van der Waals surface area contributed by atoms with Gasteiger partial charge < -0.3 is 25.2 Å². The fourth-order valence-corrected chi connectivity index (χ4v) is 1.91. The minimum absolute atomic E-state index is 0.211. The Morgan fingerprint density at radius 1 is 0.913 bits per heavy atom. The van der Waals surface area contributed by atoms with Gasteiger partial charge in [0.05, 0.1) is 5.56 Å². The zero-order valence-electron chi connectivity index (χ0n) is 11.4. The molecule has 0 spiro atoms. The van der Waals surface area contributed by atoms with Gasteiger partial charge in [0.2, 0.25) is 17.2 Å². The van der Waals surface area contributed by atoms with E-state index in [1.165, 1.54) is 19.1 Å². The number of ether oxygens (including phenoxy) is 1. The number of hydrogen-bond acceptors (Lipinski definition) is 5. The van der Waals surface area contributed by atoms with Crippen molar-refractivity contribution in [3.63, 3.8) is 0 Å². The van der Waals surface area contributed by atoms with E-state index in [1.54, 1.807) is 0 Å². The highest BCUT2D eigenvalue weighted by Gasteiger charge is 2.37. The Labute approximate surface area is 126 Å². The highest BCUT2D eigenvalue weighted by molar-refractivity contribution is 5.85. The van der Waals surface area contributed by atoms with Gasteiger partial charge >= 0.3 is 6.36 Å². The van der Waals surface area contributed by atoms with E-state index in [0.717, 1.165) is 6.07 Å². The maximum atomic E-state index is 13.6. The molecule has 0 radical (unpaired) electrons. The van der Waals surface area contributed by atoms with Gasteiger partial charge in [0.15, 0.2) is 11.5 Å². The first kappa shape index (κ1) is 16.5. The third-order valence-corrected chi connectivity index (χ3v) is 3.03. The second-order valence-corrected chi connectivity index (χ2v) is 4.61. The number of phenols is 4. The highest BCUT2D eigenvalue weighted by Crippen LogP contribution is 2.56. The SMILES string of the molecule is Cc1ccc(-c2c(O)c(O)c(O)c(OC(F)(F)F)c2O)cc1F. The molecule has 0 saturated carbocycles. The molecule has 2 aromatic carbocycles. The van der Waals surface area contributed by atoms with E-state index in [2.05, 4.69) is 4.74 Å². The Hall–Kier alpha value is -2.84. The van der Waals surface area contributed by atoms with Crippen molar-refractivity contribution in [2.75, 3.05) is 0 Å². The molecule has 4 N–H and O–H groups in total. The molecule has 124 valence electrons. The molecular weight excluding hydrogens is 324 g/mol. The molecule has 0 atom stereocenters. The summed E-state index contributed by atoms with van der Waals surface area (Å²) in [6.45, 7) is 1.42. The number of rotatable bonds is 2. The van der Waals surface area contributed by atoms with Crippen LogP contribution in [0.25, 0.3) is 11.1 Å². The van der Waals surface area contributed by atoms with E-state index in [9.17, 15) is 38.0 Å². The van der Waals surface area contributed by atoms with Crippen LogP contribution in [-0.2, 0) is 0 Å². The van der Waals surface area contributed by atoms with Crippen molar-refractivity contribution in [3.05, 3.63) is 29.6 Å². The van der Waals surface area contributed by atoms with Gasteiger partial charge in [-0.15, -0.1) is 13.2 Å². The predicted molar refractivity (Wildman–Crippen MR) is 69.9 cm³/mol. The van der Waals surface area contributed by atoms with Gasteiger partial charge in [0, 0.05) is 0 Å². The summed E-state index contributed by atoms with van der Waals surface area (Å²) in [5.41, 5.74) is -0.744. The fraction of sp³-hybridized carbons (Fsp3) is 0.143. The molecule has 0 fully saturated rings. The van der Waals surface area contributed by atoms with Crippen LogP contribution in [0.1, 0.15) is 5.56 Å². The van der Waals surface area contributed by atoms with Crippen LogP contribution in [0, 0.1) is 12.7 Å². The number of phenolic OH excluding ortho intramolecular Hbond substituents is 4. The first-order valence-electron chi connectivity index (χ1n) is 6.05. The molecule has 0 aromatic heterocycles. The average molecular weight is 334 g/mol. The summed E-state index contributed by atoms with van der Waals surface area (Å²) >= 11 is 0. The molecule has 0 unspecified atom stereocenters. The summed E-state index contributed by atoms with van der Waals surface area (Å²) in [5.74, 6) is -7.56. The molecule has 0 aliphatic heterocycles. The van der Waals surface area contributed by atoms with E-state index in [0.29, 0.717) is 0 Å². The van der Waals surface area contributed by atoms with Crippen LogP contribution in [0.3, 0.4) is 0 Å². The molecule has 0 aliphatic rings. The Morgan fingerprint density at radius 3 is 2.04 bits per heavy atom. The molecule has 5 nitrogen and oxygen atoms in total. The number of halogens is 4. The summed E-state index contributed by atoms with van der Waals surface area (Å²) in [5, 5.41) is 38.6. The third-order valence-electron chi connectivity index (χ3n) is 3.03. The van der Waals surface area contributed by atoms with Gasteiger partial charge in [-0.1, -0.05) is 12.1 Å². The van der Waals surface area contributed by atoms with Gasteiger partial charge in [-0.05, 0) is 24.1 Å². The van der Waals surface area contributed by atoms with Crippen LogP contribution in [0.2, 0.25) is 0 Å². The minimum Gasteiger partial charge on any atom is -0.504 e. The van der Waals surface area contributed by atoms with Crippen molar-refractivity contribution >= 4 is 0 Å². The van der Waals surface area contributed by atoms with Crippen molar-refractivity contribution in [1.29, 1.82) is 0 Å². The number of aryl methyl sites for hydroxylation is 1. The number of aromatic hydroxyl groups is 4. The van der Waals surface area contributed by atoms with Crippen molar-refractivity contribution in [3.8, 4) is 39.9 Å². The smallest absolute Gasteiger partial charge is 0.504 e. The van der Waals surface area contributed by atoms with Crippen molar-refractivity contribution in [2.45, 2.75) is 13.3 Å². The lowest BCUT2D eigenvalue weighted by Crippen LogP contribution is -2.17. The number of alkyl halides is 3. The number of hydrogen-bond donors (Lipinski definition) is 4. The first-order valence-corrected chi connectivity index (χ1v) is 6.05. The molecule has 0 heterocycles. The minimum atomic E-state index is -5.28. The first-order chi connectivity index (χ1) is 10.5. The second-order valence-electron chi connectivity index (χ2n) is 4.61. The summed E-state index contributed by atoms with van der Waals surface area (Å²) in [6.07, 6.45) is -5.28. The molecule has 2 aromatic rings. The van der Waals surface area contributed by atoms with Crippen LogP contribution < -0.4 is 4.74 Å². The Kier molecular flexibility index (Phi) is 3.89. The second kappa shape index (κ2) is 5.41. The van der Waals surface area contributed by atoms with E-state index < -0.39 is 46.5 Å². The van der Waals surface area contributed by atoms with Crippen molar-refractivity contribution in [1.82, 2.24) is 0 Å². The lowest BCUT2D eigenvalue weighted by molar-refractivity contribution is -0.275. The quantitative estimate of drug-likeness (QED) is 0.383. The van der Waals surface area contributed by atoms with Crippen LogP contribution in [0.4, 0.5) is 17.6 Å². The zero-order chi connectivity index (χ0) is 17.5. The predicted octanol–water partition coefficient (Wildman–Crippen LogP) is 3.52. The maximum absolute atomic E-state index is 13.6. The Morgan fingerprint density at radius 2 is 1.52 bits per heavy atom. The van der Waals surface area contributed by atoms with Gasteiger partial charge in [0.25, 0.3) is 0 Å².